The predicted molar refractivity (Wildman–Crippen MR) is 184 cm³/mol. The summed E-state index contributed by atoms with van der Waals surface area (Å²) in [6, 6.07) is 54.7. The second-order valence-corrected chi connectivity index (χ2v) is 11.6. The first-order valence-electron chi connectivity index (χ1n) is 15.1. The fourth-order valence-corrected chi connectivity index (χ4v) is 7.32. The molecule has 3 aromatic heterocycles. The van der Waals surface area contributed by atoms with E-state index in [0.29, 0.717) is 0 Å². The van der Waals surface area contributed by atoms with Crippen molar-refractivity contribution in [1.29, 1.82) is 0 Å². The van der Waals surface area contributed by atoms with Gasteiger partial charge in [0.2, 0.25) is 0 Å². The molecule has 3 nitrogen and oxygen atoms in total. The quantitative estimate of drug-likeness (QED) is 0.211. The third kappa shape index (κ3) is 3.18. The van der Waals surface area contributed by atoms with E-state index in [-0.39, 0.29) is 0 Å². The topological polar surface area (TPSA) is 22.2 Å². The van der Waals surface area contributed by atoms with Gasteiger partial charge in [-0.25, -0.2) is 4.98 Å². The van der Waals surface area contributed by atoms with Crippen molar-refractivity contribution in [2.45, 2.75) is 0 Å². The Morgan fingerprint density at radius 3 is 1.98 bits per heavy atom. The number of para-hydroxylation sites is 4. The highest BCUT2D eigenvalue weighted by molar-refractivity contribution is 6.23. The minimum absolute atomic E-state index is 0.942. The SMILES string of the molecule is c1cc(-c2ccc3c(c2)c2cccc4c5ccccc5n3c42)cc(-c2nc3ccccc3n2-c2cccc3ccccc23)c1. The molecule has 0 aliphatic heterocycles. The van der Waals surface area contributed by atoms with E-state index in [1.165, 1.54) is 60.0 Å². The second kappa shape index (κ2) is 8.79. The molecule has 3 heterocycles. The molecule has 10 aromatic rings. The first kappa shape index (κ1) is 23.6. The molecule has 0 radical (unpaired) electrons. The van der Waals surface area contributed by atoms with E-state index in [1.807, 2.05) is 0 Å². The number of nitrogens with zero attached hydrogens (tertiary/aromatic N) is 3. The van der Waals surface area contributed by atoms with E-state index in [0.717, 1.165) is 28.1 Å². The molecule has 44 heavy (non-hydrogen) atoms. The lowest BCUT2D eigenvalue weighted by Gasteiger charge is -2.13. The van der Waals surface area contributed by atoms with Crippen LogP contribution in [0.25, 0.3) is 88.1 Å². The summed E-state index contributed by atoms with van der Waals surface area (Å²) in [5.41, 5.74) is 10.5. The molecule has 0 spiro atoms. The van der Waals surface area contributed by atoms with Crippen molar-refractivity contribution in [3.8, 4) is 28.2 Å². The molecule has 10 rings (SSSR count). The summed E-state index contributed by atoms with van der Waals surface area (Å²) < 4.78 is 4.75. The molecule has 3 heteroatoms. The van der Waals surface area contributed by atoms with E-state index < -0.39 is 0 Å². The Hall–Kier alpha value is -5.93. The summed E-state index contributed by atoms with van der Waals surface area (Å²) in [6.07, 6.45) is 0. The maximum absolute atomic E-state index is 5.19. The van der Waals surface area contributed by atoms with Crippen LogP contribution in [0.4, 0.5) is 0 Å². The van der Waals surface area contributed by atoms with Crippen molar-refractivity contribution in [3.05, 3.63) is 152 Å². The third-order valence-electron chi connectivity index (χ3n) is 9.24. The Morgan fingerprint density at radius 2 is 1.05 bits per heavy atom. The lowest BCUT2D eigenvalue weighted by atomic mass is 10.00. The van der Waals surface area contributed by atoms with Crippen LogP contribution in [0.5, 0.6) is 0 Å². The van der Waals surface area contributed by atoms with Crippen molar-refractivity contribution in [1.82, 2.24) is 14.0 Å². The van der Waals surface area contributed by atoms with E-state index in [9.17, 15) is 0 Å². The van der Waals surface area contributed by atoms with Crippen molar-refractivity contribution >= 4 is 59.9 Å². The summed E-state index contributed by atoms with van der Waals surface area (Å²) >= 11 is 0. The fraction of sp³-hybridized carbons (Fsp3) is 0. The van der Waals surface area contributed by atoms with Crippen molar-refractivity contribution in [2.75, 3.05) is 0 Å². The molecule has 0 N–H and O–H groups in total. The average molecular weight is 560 g/mol. The van der Waals surface area contributed by atoms with Crippen LogP contribution in [0, 0.1) is 0 Å². The van der Waals surface area contributed by atoms with Crippen LogP contribution in [0.2, 0.25) is 0 Å². The van der Waals surface area contributed by atoms with Crippen LogP contribution < -0.4 is 0 Å². The van der Waals surface area contributed by atoms with Gasteiger partial charge in [0.25, 0.3) is 0 Å². The highest BCUT2D eigenvalue weighted by Crippen LogP contribution is 2.40. The molecule has 0 fully saturated rings. The zero-order chi connectivity index (χ0) is 28.8. The van der Waals surface area contributed by atoms with Crippen LogP contribution in [0.3, 0.4) is 0 Å². The van der Waals surface area contributed by atoms with E-state index in [4.69, 9.17) is 4.98 Å². The maximum atomic E-state index is 5.19. The van der Waals surface area contributed by atoms with Crippen molar-refractivity contribution in [3.63, 3.8) is 0 Å². The number of hydrogen-bond acceptors (Lipinski definition) is 1. The monoisotopic (exact) mass is 559 g/mol. The van der Waals surface area contributed by atoms with Gasteiger partial charge in [0.15, 0.2) is 0 Å². The Balaban J connectivity index is 1.19. The fourth-order valence-electron chi connectivity index (χ4n) is 7.32. The Bertz CT molecular complexity index is 2720. The van der Waals surface area contributed by atoms with Gasteiger partial charge in [0.05, 0.1) is 33.3 Å². The molecular weight excluding hydrogens is 534 g/mol. The van der Waals surface area contributed by atoms with Crippen LogP contribution in [-0.4, -0.2) is 14.0 Å². The van der Waals surface area contributed by atoms with E-state index in [2.05, 4.69) is 161 Å². The molecule has 0 aliphatic carbocycles. The van der Waals surface area contributed by atoms with Crippen molar-refractivity contribution in [2.24, 2.45) is 0 Å². The van der Waals surface area contributed by atoms with E-state index in [1.54, 1.807) is 0 Å². The van der Waals surface area contributed by atoms with Crippen LogP contribution in [-0.2, 0) is 0 Å². The first-order valence-corrected chi connectivity index (χ1v) is 15.1. The molecule has 0 saturated heterocycles. The van der Waals surface area contributed by atoms with Gasteiger partial charge in [0.1, 0.15) is 5.82 Å². The zero-order valence-electron chi connectivity index (χ0n) is 23.8. The highest BCUT2D eigenvalue weighted by Gasteiger charge is 2.19. The van der Waals surface area contributed by atoms with Gasteiger partial charge >= 0.3 is 0 Å². The first-order chi connectivity index (χ1) is 21.8. The van der Waals surface area contributed by atoms with Crippen LogP contribution >= 0.6 is 0 Å². The van der Waals surface area contributed by atoms with Crippen LogP contribution in [0.1, 0.15) is 0 Å². The molecule has 204 valence electrons. The van der Waals surface area contributed by atoms with Gasteiger partial charge in [-0.05, 0) is 59.0 Å². The van der Waals surface area contributed by atoms with Gasteiger partial charge in [0, 0.05) is 32.5 Å². The minimum atomic E-state index is 0.942. The molecule has 0 bridgehead atoms. The molecule has 7 aromatic carbocycles. The largest absolute Gasteiger partial charge is 0.308 e. The Labute approximate surface area is 253 Å². The van der Waals surface area contributed by atoms with Crippen molar-refractivity contribution < 1.29 is 0 Å². The molecule has 0 aliphatic rings. The molecular formula is C41H25N3. The predicted octanol–water partition coefficient (Wildman–Crippen LogP) is 10.7. The molecule has 0 unspecified atom stereocenters. The third-order valence-corrected chi connectivity index (χ3v) is 9.24. The normalized spacial score (nSPS) is 12.1. The molecule has 0 saturated carbocycles. The average Bonchev–Trinajstić information content (AvgIpc) is 3.75. The second-order valence-electron chi connectivity index (χ2n) is 11.6. The van der Waals surface area contributed by atoms with Crippen LogP contribution in [0.15, 0.2) is 152 Å². The summed E-state index contributed by atoms with van der Waals surface area (Å²) in [6.45, 7) is 0. The molecule has 0 atom stereocenters. The number of benzene rings is 7. The van der Waals surface area contributed by atoms with Gasteiger partial charge in [-0.2, -0.15) is 0 Å². The maximum Gasteiger partial charge on any atom is 0.145 e. The minimum Gasteiger partial charge on any atom is -0.308 e. The number of imidazole rings is 1. The summed E-state index contributed by atoms with van der Waals surface area (Å²) in [5.74, 6) is 0.942. The number of aromatic nitrogens is 3. The standard InChI is InChI=1S/C41H25N3/c1-2-14-30-26(10-1)11-8-21-36(30)44-39-20-6-4-18-35(39)42-41(44)29-13-7-12-27(24-29)28-22-23-38-34(25-28)33-17-9-16-32-31-15-3-5-19-37(31)43(38)40(32)33/h1-25H. The number of hydrogen-bond donors (Lipinski definition) is 0. The summed E-state index contributed by atoms with van der Waals surface area (Å²) in [4.78, 5) is 5.19. The molecule has 0 amide bonds. The number of fused-ring (bicyclic) bond motifs is 8. The smallest absolute Gasteiger partial charge is 0.145 e. The zero-order valence-corrected chi connectivity index (χ0v) is 23.8. The van der Waals surface area contributed by atoms with Gasteiger partial charge in [-0.1, -0.05) is 109 Å². The van der Waals surface area contributed by atoms with Gasteiger partial charge < -0.3 is 4.40 Å². The number of rotatable bonds is 3. The lowest BCUT2D eigenvalue weighted by molar-refractivity contribution is 1.11. The summed E-state index contributed by atoms with van der Waals surface area (Å²) in [5, 5.41) is 7.62. The Kier molecular flexibility index (Phi) is 4.72. The van der Waals surface area contributed by atoms with Gasteiger partial charge in [-0.15, -0.1) is 0 Å². The van der Waals surface area contributed by atoms with E-state index >= 15 is 0 Å². The summed E-state index contributed by atoms with van der Waals surface area (Å²) in [7, 11) is 0. The highest BCUT2D eigenvalue weighted by atomic mass is 15.1. The van der Waals surface area contributed by atoms with Gasteiger partial charge in [-0.3, -0.25) is 4.57 Å². The Morgan fingerprint density at radius 1 is 0.409 bits per heavy atom. The lowest BCUT2D eigenvalue weighted by Crippen LogP contribution is -1.99.